The van der Waals surface area contributed by atoms with Crippen LogP contribution in [0, 0.1) is 10.1 Å². The molecule has 0 atom stereocenters. The molecule has 148 valence electrons. The Labute approximate surface area is 171 Å². The van der Waals surface area contributed by atoms with Crippen molar-refractivity contribution in [1.82, 2.24) is 4.98 Å². The predicted molar refractivity (Wildman–Crippen MR) is 114 cm³/mol. The number of phenolic OH excluding ortho intramolecular Hbond substituents is 1. The van der Waals surface area contributed by atoms with E-state index >= 15 is 0 Å². The molecule has 1 aromatic heterocycles. The molecular formula is C23H17N3O4. The highest BCUT2D eigenvalue weighted by Crippen LogP contribution is 2.35. The lowest BCUT2D eigenvalue weighted by molar-refractivity contribution is -0.384. The Morgan fingerprint density at radius 3 is 2.67 bits per heavy atom. The summed E-state index contributed by atoms with van der Waals surface area (Å²) in [5.74, 6) is -0.122. The Hall–Kier alpha value is -4.26. The van der Waals surface area contributed by atoms with Crippen LogP contribution in [0.5, 0.6) is 5.75 Å². The van der Waals surface area contributed by atoms with Gasteiger partial charge >= 0.3 is 0 Å². The smallest absolute Gasteiger partial charge is 0.270 e. The third-order valence-electron chi connectivity index (χ3n) is 4.81. The van der Waals surface area contributed by atoms with Gasteiger partial charge in [0, 0.05) is 40.8 Å². The number of fused-ring (bicyclic) bond motifs is 1. The van der Waals surface area contributed by atoms with E-state index in [0.29, 0.717) is 23.1 Å². The predicted octanol–water partition coefficient (Wildman–Crippen LogP) is 4.91. The quantitative estimate of drug-likeness (QED) is 0.214. The maximum absolute atomic E-state index is 11.1. The minimum atomic E-state index is -0.487. The number of nitro groups is 1. The van der Waals surface area contributed by atoms with Crippen molar-refractivity contribution in [2.24, 2.45) is 5.16 Å². The number of nitrogens with zero attached hydrogens (tertiary/aromatic N) is 3. The summed E-state index contributed by atoms with van der Waals surface area (Å²) in [5.41, 5.74) is 3.64. The van der Waals surface area contributed by atoms with Crippen molar-refractivity contribution >= 4 is 22.8 Å². The number of pyridine rings is 1. The number of oxime groups is 1. The highest BCUT2D eigenvalue weighted by atomic mass is 16.6. The summed E-state index contributed by atoms with van der Waals surface area (Å²) < 4.78 is 0. The van der Waals surface area contributed by atoms with E-state index in [9.17, 15) is 15.2 Å². The summed E-state index contributed by atoms with van der Waals surface area (Å²) in [4.78, 5) is 15.3. The maximum Gasteiger partial charge on any atom is 0.270 e. The fraction of sp³-hybridized carbons (Fsp3) is 0.0435. The average molecular weight is 399 g/mol. The highest BCUT2D eigenvalue weighted by molar-refractivity contribution is 5.89. The van der Waals surface area contributed by atoms with Gasteiger partial charge in [-0.3, -0.25) is 15.1 Å². The Morgan fingerprint density at radius 1 is 1.03 bits per heavy atom. The van der Waals surface area contributed by atoms with Crippen LogP contribution in [0.25, 0.3) is 22.0 Å². The van der Waals surface area contributed by atoms with Crippen molar-refractivity contribution in [2.75, 3.05) is 0 Å². The number of hydrogen-bond acceptors (Lipinski definition) is 6. The molecule has 3 aromatic carbocycles. The van der Waals surface area contributed by atoms with E-state index in [2.05, 4.69) is 10.1 Å². The van der Waals surface area contributed by atoms with Crippen LogP contribution in [0.4, 0.5) is 5.69 Å². The van der Waals surface area contributed by atoms with Crippen LogP contribution in [0.3, 0.4) is 0 Å². The second kappa shape index (κ2) is 8.00. The molecule has 0 unspecified atom stereocenters. The Bertz CT molecular complexity index is 1280. The molecule has 7 nitrogen and oxygen atoms in total. The topological polar surface area (TPSA) is 109 Å². The summed E-state index contributed by atoms with van der Waals surface area (Å²) in [6.45, 7) is 0. The maximum atomic E-state index is 11.1. The molecule has 4 rings (SSSR count). The first kappa shape index (κ1) is 19.1. The van der Waals surface area contributed by atoms with Crippen LogP contribution in [-0.2, 0) is 6.42 Å². The van der Waals surface area contributed by atoms with Crippen molar-refractivity contribution in [3.8, 4) is 16.9 Å². The molecule has 0 spiro atoms. The lowest BCUT2D eigenvalue weighted by Gasteiger charge is -2.11. The molecule has 7 heteroatoms. The highest BCUT2D eigenvalue weighted by Gasteiger charge is 2.15. The lowest BCUT2D eigenvalue weighted by atomic mass is 9.96. The summed E-state index contributed by atoms with van der Waals surface area (Å²) in [5, 5.41) is 34.8. The summed E-state index contributed by atoms with van der Waals surface area (Å²) in [6, 6.07) is 21.2. The minimum absolute atomic E-state index is 0.0779. The molecule has 0 aliphatic carbocycles. The first-order chi connectivity index (χ1) is 14.5. The molecule has 0 bridgehead atoms. The largest absolute Gasteiger partial charge is 0.507 e. The molecular weight excluding hydrogens is 382 g/mol. The van der Waals surface area contributed by atoms with Crippen LogP contribution in [0.2, 0.25) is 0 Å². The fourth-order valence-electron chi connectivity index (χ4n) is 3.40. The van der Waals surface area contributed by atoms with Crippen LogP contribution in [-0.4, -0.2) is 26.4 Å². The molecule has 1 heterocycles. The number of rotatable bonds is 5. The number of aromatic hydroxyl groups is 1. The number of hydrogen-bond donors (Lipinski definition) is 2. The standard InChI is InChI=1S/C23H17N3O4/c27-23-18(14-24-28)10-15(11-19-9-8-16-4-1-2-7-22(16)25-19)12-21(23)17-5-3-6-20(13-17)26(29)30/h1-10,12-14,27-28H,11H2/b24-14+. The van der Waals surface area contributed by atoms with Gasteiger partial charge in [0.15, 0.2) is 0 Å². The van der Waals surface area contributed by atoms with Gasteiger partial charge in [-0.05, 0) is 35.4 Å². The molecule has 0 fully saturated rings. The Balaban J connectivity index is 1.80. The number of aromatic nitrogens is 1. The molecule has 30 heavy (non-hydrogen) atoms. The zero-order valence-corrected chi connectivity index (χ0v) is 15.8. The molecule has 0 aliphatic rings. The van der Waals surface area contributed by atoms with E-state index in [4.69, 9.17) is 5.21 Å². The van der Waals surface area contributed by atoms with E-state index in [1.165, 1.54) is 12.1 Å². The molecule has 0 saturated carbocycles. The molecule has 4 aromatic rings. The van der Waals surface area contributed by atoms with Gasteiger partial charge in [0.1, 0.15) is 5.75 Å². The second-order valence-electron chi connectivity index (χ2n) is 6.81. The molecule has 0 aliphatic heterocycles. The van der Waals surface area contributed by atoms with Gasteiger partial charge in [-0.25, -0.2) is 0 Å². The van der Waals surface area contributed by atoms with Gasteiger partial charge < -0.3 is 10.3 Å². The first-order valence-corrected chi connectivity index (χ1v) is 9.18. The van der Waals surface area contributed by atoms with E-state index in [1.807, 2.05) is 36.4 Å². The molecule has 0 amide bonds. The normalized spacial score (nSPS) is 11.2. The van der Waals surface area contributed by atoms with E-state index in [0.717, 1.165) is 28.4 Å². The third kappa shape index (κ3) is 3.81. The van der Waals surface area contributed by atoms with Crippen molar-refractivity contribution in [3.05, 3.63) is 99.7 Å². The third-order valence-corrected chi connectivity index (χ3v) is 4.81. The van der Waals surface area contributed by atoms with Gasteiger partial charge in [-0.15, -0.1) is 0 Å². The SMILES string of the molecule is O=[N+]([O-])c1cccc(-c2cc(Cc3ccc4ccccc4n3)cc(/C=N/O)c2O)c1. The van der Waals surface area contributed by atoms with Crippen molar-refractivity contribution in [2.45, 2.75) is 6.42 Å². The number of phenols is 1. The van der Waals surface area contributed by atoms with Gasteiger partial charge in [-0.1, -0.05) is 41.6 Å². The molecule has 2 N–H and O–H groups in total. The number of benzene rings is 3. The number of non-ortho nitro benzene ring substituents is 1. The summed E-state index contributed by atoms with van der Waals surface area (Å²) in [6.07, 6.45) is 1.60. The van der Waals surface area contributed by atoms with Crippen LogP contribution < -0.4 is 0 Å². The average Bonchev–Trinajstić information content (AvgIpc) is 2.76. The van der Waals surface area contributed by atoms with E-state index in [1.54, 1.807) is 24.3 Å². The summed E-state index contributed by atoms with van der Waals surface area (Å²) in [7, 11) is 0. The van der Waals surface area contributed by atoms with Crippen molar-refractivity contribution < 1.29 is 15.2 Å². The lowest BCUT2D eigenvalue weighted by Crippen LogP contribution is -1.97. The number of para-hydroxylation sites is 1. The molecule has 0 saturated heterocycles. The van der Waals surface area contributed by atoms with Crippen molar-refractivity contribution in [1.29, 1.82) is 0 Å². The first-order valence-electron chi connectivity index (χ1n) is 9.18. The van der Waals surface area contributed by atoms with Gasteiger partial charge in [0.2, 0.25) is 0 Å². The monoisotopic (exact) mass is 399 g/mol. The zero-order valence-electron chi connectivity index (χ0n) is 15.8. The van der Waals surface area contributed by atoms with Gasteiger partial charge in [-0.2, -0.15) is 0 Å². The van der Waals surface area contributed by atoms with Crippen LogP contribution in [0.1, 0.15) is 16.8 Å². The zero-order chi connectivity index (χ0) is 21.1. The number of nitro benzene ring substituents is 1. The van der Waals surface area contributed by atoms with E-state index in [-0.39, 0.29) is 11.4 Å². The molecule has 0 radical (unpaired) electrons. The fourth-order valence-corrected chi connectivity index (χ4v) is 3.40. The Kier molecular flexibility index (Phi) is 5.09. The Morgan fingerprint density at radius 2 is 1.87 bits per heavy atom. The second-order valence-corrected chi connectivity index (χ2v) is 6.81. The van der Waals surface area contributed by atoms with Gasteiger partial charge in [0.05, 0.1) is 16.7 Å². The minimum Gasteiger partial charge on any atom is -0.507 e. The van der Waals surface area contributed by atoms with Crippen LogP contribution in [0.15, 0.2) is 78.0 Å². The van der Waals surface area contributed by atoms with E-state index < -0.39 is 4.92 Å². The summed E-state index contributed by atoms with van der Waals surface area (Å²) >= 11 is 0. The van der Waals surface area contributed by atoms with Gasteiger partial charge in [0.25, 0.3) is 5.69 Å². The van der Waals surface area contributed by atoms with Crippen molar-refractivity contribution in [3.63, 3.8) is 0 Å². The van der Waals surface area contributed by atoms with Crippen LogP contribution >= 0.6 is 0 Å².